The normalized spacial score (nSPS) is 10.1. The van der Waals surface area contributed by atoms with E-state index < -0.39 is 0 Å². The van der Waals surface area contributed by atoms with Crippen LogP contribution in [0.2, 0.25) is 5.02 Å². The topological polar surface area (TPSA) is 22.0 Å². The standard InChI is InChI=1S/C11H8ClNO/c12-9-4-6-10(7-5-9)13-8-2-1-3-11(13)14/h1-8H. The van der Waals surface area contributed by atoms with E-state index in [9.17, 15) is 4.79 Å². The molecule has 0 unspecified atom stereocenters. The van der Waals surface area contributed by atoms with Gasteiger partial charge in [-0.05, 0) is 30.3 Å². The highest BCUT2D eigenvalue weighted by atomic mass is 35.5. The van der Waals surface area contributed by atoms with Crippen molar-refractivity contribution in [2.75, 3.05) is 0 Å². The summed E-state index contributed by atoms with van der Waals surface area (Å²) < 4.78 is 1.57. The summed E-state index contributed by atoms with van der Waals surface area (Å²) in [7, 11) is 0. The third-order valence-electron chi connectivity index (χ3n) is 1.93. The highest BCUT2D eigenvalue weighted by Crippen LogP contribution is 2.11. The van der Waals surface area contributed by atoms with Crippen molar-refractivity contribution in [3.8, 4) is 5.69 Å². The second-order valence-corrected chi connectivity index (χ2v) is 3.32. The minimum absolute atomic E-state index is 0.0465. The number of halogens is 1. The van der Waals surface area contributed by atoms with Crippen molar-refractivity contribution >= 4 is 11.6 Å². The number of nitrogens with zero attached hydrogens (tertiary/aromatic N) is 1. The highest BCUT2D eigenvalue weighted by Gasteiger charge is 1.96. The number of pyridine rings is 1. The molecule has 2 nitrogen and oxygen atoms in total. The largest absolute Gasteiger partial charge is 0.284 e. The van der Waals surface area contributed by atoms with Crippen LogP contribution in [0.4, 0.5) is 0 Å². The monoisotopic (exact) mass is 205 g/mol. The highest BCUT2D eigenvalue weighted by molar-refractivity contribution is 6.30. The molecule has 0 amide bonds. The van der Waals surface area contributed by atoms with E-state index in [-0.39, 0.29) is 5.56 Å². The molecule has 2 rings (SSSR count). The Balaban J connectivity index is 2.56. The van der Waals surface area contributed by atoms with Gasteiger partial charge < -0.3 is 0 Å². The Hall–Kier alpha value is -1.54. The van der Waals surface area contributed by atoms with E-state index in [1.54, 1.807) is 29.0 Å². The first-order chi connectivity index (χ1) is 6.77. The summed E-state index contributed by atoms with van der Waals surface area (Å²) in [6.45, 7) is 0. The van der Waals surface area contributed by atoms with Crippen LogP contribution in [0, 0.1) is 0 Å². The second-order valence-electron chi connectivity index (χ2n) is 2.89. The number of hydrogen-bond donors (Lipinski definition) is 0. The van der Waals surface area contributed by atoms with E-state index in [2.05, 4.69) is 0 Å². The zero-order valence-corrected chi connectivity index (χ0v) is 8.11. The lowest BCUT2D eigenvalue weighted by molar-refractivity contribution is 0.991. The summed E-state index contributed by atoms with van der Waals surface area (Å²) in [4.78, 5) is 11.4. The number of hydrogen-bond acceptors (Lipinski definition) is 1. The maximum absolute atomic E-state index is 11.4. The third-order valence-corrected chi connectivity index (χ3v) is 2.18. The van der Waals surface area contributed by atoms with Gasteiger partial charge in [0.25, 0.3) is 5.56 Å². The molecule has 1 aromatic carbocycles. The number of benzene rings is 1. The Labute approximate surface area is 86.4 Å². The Morgan fingerprint density at radius 3 is 2.36 bits per heavy atom. The number of aromatic nitrogens is 1. The van der Waals surface area contributed by atoms with Gasteiger partial charge in [0.1, 0.15) is 0 Å². The average molecular weight is 206 g/mol. The molecule has 0 aliphatic heterocycles. The summed E-state index contributed by atoms with van der Waals surface area (Å²) in [6, 6.07) is 12.2. The van der Waals surface area contributed by atoms with Crippen LogP contribution < -0.4 is 5.56 Å². The van der Waals surface area contributed by atoms with E-state index in [0.717, 1.165) is 5.69 Å². The molecule has 70 valence electrons. The smallest absolute Gasteiger partial charge is 0.255 e. The van der Waals surface area contributed by atoms with Gasteiger partial charge in [0.15, 0.2) is 0 Å². The summed E-state index contributed by atoms with van der Waals surface area (Å²) in [5.41, 5.74) is 0.773. The summed E-state index contributed by atoms with van der Waals surface area (Å²) in [5.74, 6) is 0. The van der Waals surface area contributed by atoms with E-state index in [4.69, 9.17) is 11.6 Å². The maximum Gasteiger partial charge on any atom is 0.255 e. The average Bonchev–Trinajstić information content (AvgIpc) is 2.20. The van der Waals surface area contributed by atoms with E-state index >= 15 is 0 Å². The fourth-order valence-electron chi connectivity index (χ4n) is 1.24. The molecule has 14 heavy (non-hydrogen) atoms. The van der Waals surface area contributed by atoms with Crippen LogP contribution in [0.25, 0.3) is 5.69 Å². The fraction of sp³-hybridized carbons (Fsp3) is 0. The van der Waals surface area contributed by atoms with Crippen molar-refractivity contribution < 1.29 is 0 Å². The minimum Gasteiger partial charge on any atom is -0.284 e. The van der Waals surface area contributed by atoms with Crippen LogP contribution >= 0.6 is 11.6 Å². The van der Waals surface area contributed by atoms with Crippen LogP contribution in [-0.2, 0) is 0 Å². The van der Waals surface area contributed by atoms with Gasteiger partial charge in [0.05, 0.1) is 0 Å². The van der Waals surface area contributed by atoms with Crippen molar-refractivity contribution in [2.45, 2.75) is 0 Å². The molecule has 0 N–H and O–H groups in total. The van der Waals surface area contributed by atoms with Gasteiger partial charge in [-0.1, -0.05) is 17.7 Å². The zero-order chi connectivity index (χ0) is 9.97. The minimum atomic E-state index is -0.0465. The molecule has 0 radical (unpaired) electrons. The number of rotatable bonds is 1. The van der Waals surface area contributed by atoms with Crippen molar-refractivity contribution in [3.05, 3.63) is 64.0 Å². The molecule has 0 spiro atoms. The lowest BCUT2D eigenvalue weighted by Crippen LogP contribution is -2.15. The molecule has 2 aromatic rings. The van der Waals surface area contributed by atoms with Gasteiger partial charge in [-0.3, -0.25) is 9.36 Å². The molecule has 0 atom stereocenters. The lowest BCUT2D eigenvalue weighted by Gasteiger charge is -2.03. The van der Waals surface area contributed by atoms with Gasteiger partial charge in [0.2, 0.25) is 0 Å². The molecule has 0 saturated heterocycles. The Bertz CT molecular complexity index is 487. The third kappa shape index (κ3) is 1.70. The summed E-state index contributed by atoms with van der Waals surface area (Å²) in [5, 5.41) is 0.665. The van der Waals surface area contributed by atoms with Crippen LogP contribution in [0.1, 0.15) is 0 Å². The first-order valence-corrected chi connectivity index (χ1v) is 4.59. The van der Waals surface area contributed by atoms with Crippen LogP contribution in [-0.4, -0.2) is 4.57 Å². The van der Waals surface area contributed by atoms with Crippen molar-refractivity contribution in [1.29, 1.82) is 0 Å². The van der Waals surface area contributed by atoms with Gasteiger partial charge in [-0.25, -0.2) is 0 Å². The molecule has 0 fully saturated rings. The molecular weight excluding hydrogens is 198 g/mol. The first kappa shape index (κ1) is 9.03. The van der Waals surface area contributed by atoms with Crippen molar-refractivity contribution in [2.24, 2.45) is 0 Å². The molecule has 1 aromatic heterocycles. The van der Waals surface area contributed by atoms with Crippen LogP contribution in [0.5, 0.6) is 0 Å². The Kier molecular flexibility index (Phi) is 2.37. The molecule has 0 saturated carbocycles. The summed E-state index contributed by atoms with van der Waals surface area (Å²) in [6.07, 6.45) is 1.73. The molecule has 1 heterocycles. The Morgan fingerprint density at radius 2 is 1.71 bits per heavy atom. The van der Waals surface area contributed by atoms with Crippen molar-refractivity contribution in [1.82, 2.24) is 4.57 Å². The van der Waals surface area contributed by atoms with Gasteiger partial charge in [-0.15, -0.1) is 0 Å². The molecule has 0 aliphatic carbocycles. The summed E-state index contributed by atoms with van der Waals surface area (Å²) >= 11 is 5.75. The van der Waals surface area contributed by atoms with Crippen molar-refractivity contribution in [3.63, 3.8) is 0 Å². The maximum atomic E-state index is 11.4. The van der Waals surface area contributed by atoms with Gasteiger partial charge in [0, 0.05) is 23.0 Å². The second kappa shape index (κ2) is 3.68. The van der Waals surface area contributed by atoms with E-state index in [1.165, 1.54) is 6.07 Å². The van der Waals surface area contributed by atoms with Crippen LogP contribution in [0.3, 0.4) is 0 Å². The first-order valence-electron chi connectivity index (χ1n) is 4.21. The predicted octanol–water partition coefficient (Wildman–Crippen LogP) is 2.49. The van der Waals surface area contributed by atoms with Gasteiger partial charge >= 0.3 is 0 Å². The lowest BCUT2D eigenvalue weighted by atomic mass is 10.3. The quantitative estimate of drug-likeness (QED) is 0.701. The molecule has 3 heteroatoms. The Morgan fingerprint density at radius 1 is 1.00 bits per heavy atom. The van der Waals surface area contributed by atoms with Gasteiger partial charge in [-0.2, -0.15) is 0 Å². The van der Waals surface area contributed by atoms with E-state index in [0.29, 0.717) is 5.02 Å². The SMILES string of the molecule is O=c1ccccn1-c1ccc(Cl)cc1. The molecular formula is C11H8ClNO. The molecule has 0 bridgehead atoms. The zero-order valence-electron chi connectivity index (χ0n) is 7.35. The van der Waals surface area contributed by atoms with E-state index in [1.807, 2.05) is 18.2 Å². The molecule has 0 aliphatic rings. The van der Waals surface area contributed by atoms with Crippen LogP contribution in [0.15, 0.2) is 53.5 Å². The fourth-order valence-corrected chi connectivity index (χ4v) is 1.37. The predicted molar refractivity (Wildman–Crippen MR) is 57.0 cm³/mol.